The predicted octanol–water partition coefficient (Wildman–Crippen LogP) is 6.08. The van der Waals surface area contributed by atoms with Gasteiger partial charge in [0, 0.05) is 34.8 Å². The summed E-state index contributed by atoms with van der Waals surface area (Å²) in [5.41, 5.74) is 4.97. The van der Waals surface area contributed by atoms with Gasteiger partial charge < -0.3 is 9.30 Å². The molecular weight excluding hydrogens is 585 g/mol. The Morgan fingerprint density at radius 2 is 1.62 bits per heavy atom. The number of fused-ring (bicyclic) bond motifs is 2. The van der Waals surface area contributed by atoms with Gasteiger partial charge in [-0.05, 0) is 42.3 Å². The number of carbonyl (C=O) groups is 1. The number of carbonyl (C=O) groups excluding carboxylic acids is 1. The smallest absolute Gasteiger partial charge is 0.338 e. The number of halogens is 1. The Morgan fingerprint density at radius 1 is 0.933 bits per heavy atom. The van der Waals surface area contributed by atoms with E-state index in [0.717, 1.165) is 33.2 Å². The van der Waals surface area contributed by atoms with Crippen LogP contribution in [0.15, 0.2) is 131 Å². The van der Waals surface area contributed by atoms with E-state index in [1.54, 1.807) is 23.6 Å². The minimum atomic E-state index is -0.723. The average molecular weight is 614 g/mol. The number of esters is 1. The Hall–Kier alpha value is -5.34. The summed E-state index contributed by atoms with van der Waals surface area (Å²) >= 11 is 1.30. The van der Waals surface area contributed by atoms with Crippen molar-refractivity contribution in [3.05, 3.63) is 169 Å². The molecule has 4 aromatic carbocycles. The molecule has 0 aliphatic carbocycles. The maximum absolute atomic E-state index is 14.3. The van der Waals surface area contributed by atoms with Gasteiger partial charge in [-0.1, -0.05) is 102 Å². The van der Waals surface area contributed by atoms with Gasteiger partial charge in [0.1, 0.15) is 5.82 Å². The number of ether oxygens (including phenoxy) is 1. The summed E-state index contributed by atoms with van der Waals surface area (Å²) in [4.78, 5) is 33.4. The van der Waals surface area contributed by atoms with Gasteiger partial charge in [-0.25, -0.2) is 14.2 Å². The largest absolute Gasteiger partial charge is 0.463 e. The molecular formula is C37H28FN3O3S. The summed E-state index contributed by atoms with van der Waals surface area (Å²) in [6.07, 6.45) is 3.91. The molecule has 0 saturated carbocycles. The molecule has 1 atom stereocenters. The van der Waals surface area contributed by atoms with E-state index >= 15 is 0 Å². The molecule has 6 nitrogen and oxygen atoms in total. The van der Waals surface area contributed by atoms with Gasteiger partial charge in [-0.15, -0.1) is 0 Å². The molecule has 2 aromatic heterocycles. The molecule has 7 rings (SSSR count). The second-order valence-electron chi connectivity index (χ2n) is 10.7. The van der Waals surface area contributed by atoms with Gasteiger partial charge in [0.05, 0.1) is 28.5 Å². The quantitative estimate of drug-likeness (QED) is 0.205. The summed E-state index contributed by atoms with van der Waals surface area (Å²) in [7, 11) is 0. The predicted molar refractivity (Wildman–Crippen MR) is 175 cm³/mol. The first kappa shape index (κ1) is 28.4. The summed E-state index contributed by atoms with van der Waals surface area (Å²) in [6.45, 7) is 2.51. The van der Waals surface area contributed by atoms with E-state index in [4.69, 9.17) is 9.73 Å². The zero-order valence-electron chi connectivity index (χ0n) is 24.4. The molecule has 0 saturated heterocycles. The number of aromatic nitrogens is 2. The molecule has 6 aromatic rings. The van der Waals surface area contributed by atoms with Crippen LogP contribution in [0, 0.1) is 5.82 Å². The minimum Gasteiger partial charge on any atom is -0.463 e. The molecule has 222 valence electrons. The van der Waals surface area contributed by atoms with Crippen LogP contribution in [0.25, 0.3) is 22.7 Å². The number of hydrogen-bond acceptors (Lipinski definition) is 5. The van der Waals surface area contributed by atoms with Crippen molar-refractivity contribution in [3.63, 3.8) is 0 Å². The van der Waals surface area contributed by atoms with Crippen LogP contribution in [-0.2, 0) is 16.1 Å². The summed E-state index contributed by atoms with van der Waals surface area (Å²) < 4.78 is 23.3. The second kappa shape index (κ2) is 12.0. The van der Waals surface area contributed by atoms with Crippen LogP contribution in [0.5, 0.6) is 0 Å². The van der Waals surface area contributed by atoms with Crippen molar-refractivity contribution in [1.82, 2.24) is 9.13 Å². The Kier molecular flexibility index (Phi) is 7.57. The highest BCUT2D eigenvalue weighted by molar-refractivity contribution is 7.07. The maximum Gasteiger partial charge on any atom is 0.338 e. The number of para-hydroxylation sites is 1. The van der Waals surface area contributed by atoms with E-state index in [2.05, 4.69) is 4.57 Å². The fraction of sp³-hybridized carbons (Fsp3) is 0.108. The van der Waals surface area contributed by atoms with Gasteiger partial charge in [-0.3, -0.25) is 9.36 Å². The lowest BCUT2D eigenvalue weighted by Crippen LogP contribution is -2.39. The second-order valence-corrected chi connectivity index (χ2v) is 11.7. The third kappa shape index (κ3) is 5.34. The first-order valence-electron chi connectivity index (χ1n) is 14.7. The average Bonchev–Trinajstić information content (AvgIpc) is 3.58. The number of thiazole rings is 1. The SMILES string of the molecule is CCOC(=O)C1=C(c2ccccc2)N=c2s/c(=C/c3cn(Cc4ccc(F)cc4)c4ccccc34)c(=O)n2[C@H]1c1ccccc1. The molecule has 1 aliphatic rings. The van der Waals surface area contributed by atoms with E-state index in [1.807, 2.05) is 97.2 Å². The van der Waals surface area contributed by atoms with Crippen molar-refractivity contribution in [2.45, 2.75) is 19.5 Å². The zero-order chi connectivity index (χ0) is 30.9. The van der Waals surface area contributed by atoms with E-state index in [0.29, 0.717) is 27.1 Å². The summed E-state index contributed by atoms with van der Waals surface area (Å²) in [5.74, 6) is -0.783. The number of benzene rings is 4. The first-order chi connectivity index (χ1) is 22.0. The van der Waals surface area contributed by atoms with Crippen molar-refractivity contribution in [3.8, 4) is 0 Å². The highest BCUT2D eigenvalue weighted by atomic mass is 32.1. The van der Waals surface area contributed by atoms with E-state index < -0.39 is 12.0 Å². The number of hydrogen-bond donors (Lipinski definition) is 0. The van der Waals surface area contributed by atoms with Crippen LogP contribution in [0.1, 0.15) is 35.2 Å². The Bertz CT molecular complexity index is 2250. The van der Waals surface area contributed by atoms with Crippen LogP contribution >= 0.6 is 11.3 Å². The van der Waals surface area contributed by atoms with Crippen LogP contribution in [0.4, 0.5) is 4.39 Å². The highest BCUT2D eigenvalue weighted by Gasteiger charge is 2.35. The summed E-state index contributed by atoms with van der Waals surface area (Å²) in [5, 5.41) is 0.988. The molecule has 3 heterocycles. The van der Waals surface area contributed by atoms with Crippen molar-refractivity contribution in [1.29, 1.82) is 0 Å². The fourth-order valence-corrected chi connectivity index (χ4v) is 6.83. The Morgan fingerprint density at radius 3 is 2.36 bits per heavy atom. The minimum absolute atomic E-state index is 0.193. The lowest BCUT2D eigenvalue weighted by Gasteiger charge is -2.25. The monoisotopic (exact) mass is 613 g/mol. The van der Waals surface area contributed by atoms with Crippen LogP contribution in [0.3, 0.4) is 0 Å². The van der Waals surface area contributed by atoms with E-state index in [1.165, 1.54) is 23.5 Å². The van der Waals surface area contributed by atoms with Crippen LogP contribution in [-0.4, -0.2) is 21.7 Å². The molecule has 1 aliphatic heterocycles. The summed E-state index contributed by atoms with van der Waals surface area (Å²) in [6, 6.07) is 32.8. The molecule has 0 bridgehead atoms. The Labute approximate surface area is 262 Å². The molecule has 0 radical (unpaired) electrons. The molecule has 0 spiro atoms. The standard InChI is InChI=1S/C37H28FN3O3S/c1-2-44-36(43)32-33(25-11-5-3-6-12-25)39-37-41(34(32)26-13-7-4-8-14-26)35(42)31(45-37)21-27-23-40(30-16-10-9-15-29(27)30)22-24-17-19-28(38)20-18-24/h3-21,23,34H,2,22H2,1H3/b31-21+/t34-/m0/s1. The van der Waals surface area contributed by atoms with E-state index in [-0.39, 0.29) is 18.0 Å². The van der Waals surface area contributed by atoms with E-state index in [9.17, 15) is 14.0 Å². The topological polar surface area (TPSA) is 65.6 Å². The van der Waals surface area contributed by atoms with Gasteiger partial charge >= 0.3 is 5.97 Å². The van der Waals surface area contributed by atoms with Crippen molar-refractivity contribution < 1.29 is 13.9 Å². The van der Waals surface area contributed by atoms with Gasteiger partial charge in [-0.2, -0.15) is 0 Å². The van der Waals surface area contributed by atoms with Crippen molar-refractivity contribution in [2.24, 2.45) is 4.99 Å². The fourth-order valence-electron chi connectivity index (χ4n) is 5.84. The third-order valence-corrected chi connectivity index (χ3v) is 8.84. The van der Waals surface area contributed by atoms with Crippen molar-refractivity contribution in [2.75, 3.05) is 6.61 Å². The van der Waals surface area contributed by atoms with Gasteiger partial charge in [0.25, 0.3) is 5.56 Å². The zero-order valence-corrected chi connectivity index (χ0v) is 25.2. The van der Waals surface area contributed by atoms with Crippen molar-refractivity contribution >= 4 is 40.0 Å². The molecule has 8 heteroatoms. The maximum atomic E-state index is 14.3. The van der Waals surface area contributed by atoms with Crippen LogP contribution < -0.4 is 14.9 Å². The Balaban J connectivity index is 1.44. The molecule has 45 heavy (non-hydrogen) atoms. The highest BCUT2D eigenvalue weighted by Crippen LogP contribution is 2.35. The lowest BCUT2D eigenvalue weighted by atomic mass is 9.93. The van der Waals surface area contributed by atoms with Gasteiger partial charge in [0.2, 0.25) is 0 Å². The molecule has 0 fully saturated rings. The van der Waals surface area contributed by atoms with Crippen LogP contribution in [0.2, 0.25) is 0 Å². The normalized spacial score (nSPS) is 14.8. The number of rotatable bonds is 7. The lowest BCUT2D eigenvalue weighted by molar-refractivity contribution is -0.138. The third-order valence-electron chi connectivity index (χ3n) is 7.86. The molecule has 0 unspecified atom stereocenters. The van der Waals surface area contributed by atoms with Gasteiger partial charge in [0.15, 0.2) is 4.80 Å². The number of nitrogens with zero attached hydrogens (tertiary/aromatic N) is 3. The first-order valence-corrected chi connectivity index (χ1v) is 15.5. The molecule has 0 N–H and O–H groups in total. The molecule has 0 amide bonds.